The topological polar surface area (TPSA) is 70.5 Å². The van der Waals surface area contributed by atoms with Gasteiger partial charge in [0.1, 0.15) is 0 Å². The van der Waals surface area contributed by atoms with Crippen LogP contribution in [0.1, 0.15) is 0 Å². The van der Waals surface area contributed by atoms with Gasteiger partial charge in [0.25, 0.3) is 0 Å². The van der Waals surface area contributed by atoms with Gasteiger partial charge in [-0.25, -0.2) is 0 Å². The number of H-pyrrole nitrogens is 2. The number of anilines is 1. The number of hydrogen-bond donors (Lipinski definition) is 3. The van der Waals surface area contributed by atoms with Gasteiger partial charge in [-0.15, -0.1) is 0 Å². The van der Waals surface area contributed by atoms with Gasteiger partial charge in [-0.05, 0) is 12.2 Å². The van der Waals surface area contributed by atoms with Crippen LogP contribution in [-0.2, 0) is 0 Å². The Bertz CT molecular complexity index is 202. The molecule has 4 nitrogen and oxygen atoms in total. The van der Waals surface area contributed by atoms with E-state index in [0.29, 0.717) is 10.7 Å². The summed E-state index contributed by atoms with van der Waals surface area (Å²) in [5.74, 6) is 0.324. The van der Waals surface area contributed by atoms with Gasteiger partial charge in [0.2, 0.25) is 10.7 Å². The fraction of sp³-hybridized carbons (Fsp3) is 0. The van der Waals surface area contributed by atoms with Crippen molar-refractivity contribution in [2.24, 2.45) is 0 Å². The van der Waals surface area contributed by atoms with E-state index in [0.717, 1.165) is 0 Å². The zero-order valence-corrected chi connectivity index (χ0v) is 7.25. The molecule has 0 saturated heterocycles. The van der Waals surface area contributed by atoms with Crippen LogP contribution in [0.25, 0.3) is 0 Å². The van der Waals surface area contributed by atoms with E-state index in [2.05, 4.69) is 27.4 Å². The minimum atomic E-state index is 0. The van der Waals surface area contributed by atoms with E-state index in [1.807, 2.05) is 0 Å². The summed E-state index contributed by atoms with van der Waals surface area (Å²) in [6.07, 6.45) is 0. The van der Waals surface area contributed by atoms with Crippen LogP contribution in [0.2, 0.25) is 0 Å². The molecule has 0 aromatic carbocycles. The molecule has 0 aliphatic heterocycles. The third-order valence-electron chi connectivity index (χ3n) is 0.519. The molecule has 0 atom stereocenters. The van der Waals surface area contributed by atoms with Crippen molar-refractivity contribution in [3.63, 3.8) is 0 Å². The first kappa shape index (κ1) is 8.16. The minimum absolute atomic E-state index is 0. The second kappa shape index (κ2) is 3.24. The number of aromatic nitrogens is 3. The Labute approximate surface area is 73.2 Å². The SMILES string of the molecule is Nc1nc(=S)[nH][nH]1.[Na]. The molecule has 0 unspecified atom stereocenters. The number of hydrogen-bond acceptors (Lipinski definition) is 3. The summed E-state index contributed by atoms with van der Waals surface area (Å²) in [7, 11) is 0. The van der Waals surface area contributed by atoms with Gasteiger partial charge in [-0.2, -0.15) is 4.98 Å². The van der Waals surface area contributed by atoms with Crippen molar-refractivity contribution in [3.8, 4) is 0 Å². The molecule has 6 heteroatoms. The average Bonchev–Trinajstić information content (AvgIpc) is 1.87. The van der Waals surface area contributed by atoms with Gasteiger partial charge >= 0.3 is 0 Å². The first-order valence-corrected chi connectivity index (χ1v) is 2.10. The summed E-state index contributed by atoms with van der Waals surface area (Å²) in [4.78, 5) is 3.59. The van der Waals surface area contributed by atoms with Crippen molar-refractivity contribution in [2.75, 3.05) is 5.73 Å². The van der Waals surface area contributed by atoms with E-state index in [4.69, 9.17) is 5.73 Å². The van der Waals surface area contributed by atoms with E-state index >= 15 is 0 Å². The van der Waals surface area contributed by atoms with Crippen LogP contribution in [-0.4, -0.2) is 44.7 Å². The Morgan fingerprint density at radius 3 is 2.25 bits per heavy atom. The molecule has 0 amide bonds. The van der Waals surface area contributed by atoms with Crippen molar-refractivity contribution < 1.29 is 0 Å². The molecule has 0 saturated carbocycles. The van der Waals surface area contributed by atoms with Gasteiger partial charge in [0, 0.05) is 29.6 Å². The molecule has 0 fully saturated rings. The number of aromatic amines is 2. The van der Waals surface area contributed by atoms with Crippen molar-refractivity contribution in [1.29, 1.82) is 0 Å². The minimum Gasteiger partial charge on any atom is -0.368 e. The standard InChI is InChI=1S/C2H4N4S.Na/c3-1-4-2(7)6-5-1;/h(H4,3,4,5,6,7);. The zero-order valence-electron chi connectivity index (χ0n) is 4.43. The van der Waals surface area contributed by atoms with Gasteiger partial charge in [-0.3, -0.25) is 10.2 Å². The molecule has 8 heavy (non-hydrogen) atoms. The van der Waals surface area contributed by atoms with E-state index in [9.17, 15) is 0 Å². The Kier molecular flexibility index (Phi) is 3.30. The van der Waals surface area contributed by atoms with E-state index in [1.165, 1.54) is 0 Å². The molecule has 0 aliphatic rings. The Morgan fingerprint density at radius 1 is 1.50 bits per heavy atom. The summed E-state index contributed by atoms with van der Waals surface area (Å²) in [6, 6.07) is 0. The molecule has 0 bridgehead atoms. The van der Waals surface area contributed by atoms with Crippen LogP contribution in [0.5, 0.6) is 0 Å². The normalized spacial score (nSPS) is 8.00. The third-order valence-corrected chi connectivity index (χ3v) is 0.713. The second-order valence-electron chi connectivity index (χ2n) is 1.05. The number of nitrogens with two attached hydrogens (primary N) is 1. The summed E-state index contributed by atoms with van der Waals surface area (Å²) in [6.45, 7) is 0. The molecule has 4 N–H and O–H groups in total. The smallest absolute Gasteiger partial charge is 0.215 e. The number of rotatable bonds is 0. The van der Waals surface area contributed by atoms with Crippen LogP contribution in [0.15, 0.2) is 0 Å². The van der Waals surface area contributed by atoms with Gasteiger partial charge in [-0.1, -0.05) is 0 Å². The van der Waals surface area contributed by atoms with Crippen molar-refractivity contribution >= 4 is 47.7 Å². The van der Waals surface area contributed by atoms with Crippen molar-refractivity contribution in [2.45, 2.75) is 0 Å². The predicted molar refractivity (Wildman–Crippen MR) is 33.9 cm³/mol. The number of nitrogen functional groups attached to an aromatic ring is 1. The molecule has 1 rings (SSSR count). The first-order valence-electron chi connectivity index (χ1n) is 1.69. The van der Waals surface area contributed by atoms with Crippen molar-refractivity contribution in [1.82, 2.24) is 15.2 Å². The van der Waals surface area contributed by atoms with E-state index in [1.54, 1.807) is 0 Å². The Hall–Kier alpha value is 0.160. The van der Waals surface area contributed by atoms with Gasteiger partial charge in [0.05, 0.1) is 0 Å². The molecule has 39 valence electrons. The van der Waals surface area contributed by atoms with Gasteiger partial charge in [0.15, 0.2) is 0 Å². The van der Waals surface area contributed by atoms with Crippen LogP contribution < -0.4 is 5.73 Å². The Balaban J connectivity index is 0.000000490. The molecule has 1 aromatic heterocycles. The maximum Gasteiger partial charge on any atom is 0.215 e. The Morgan fingerprint density at radius 2 is 2.12 bits per heavy atom. The molecular formula is C2H4N4NaS. The summed E-state index contributed by atoms with van der Waals surface area (Å²) in [5.41, 5.74) is 5.11. The summed E-state index contributed by atoms with van der Waals surface area (Å²) >= 11 is 4.55. The third kappa shape index (κ3) is 1.95. The molecular weight excluding hydrogens is 135 g/mol. The van der Waals surface area contributed by atoms with E-state index < -0.39 is 0 Å². The molecule has 1 radical (unpaired) electrons. The average molecular weight is 139 g/mol. The first-order chi connectivity index (χ1) is 3.29. The van der Waals surface area contributed by atoms with Crippen LogP contribution in [0, 0.1) is 4.77 Å². The fourth-order valence-corrected chi connectivity index (χ4v) is 0.432. The number of nitrogens with one attached hydrogen (secondary N) is 2. The summed E-state index contributed by atoms with van der Waals surface area (Å²) < 4.78 is 0.387. The van der Waals surface area contributed by atoms with Crippen LogP contribution >= 0.6 is 12.2 Å². The molecule has 0 aliphatic carbocycles. The van der Waals surface area contributed by atoms with Crippen LogP contribution in [0.3, 0.4) is 0 Å². The summed E-state index contributed by atoms with van der Waals surface area (Å²) in [5, 5.41) is 5.03. The fourth-order valence-electron chi connectivity index (χ4n) is 0.283. The molecule has 1 aromatic rings. The van der Waals surface area contributed by atoms with Crippen molar-refractivity contribution in [3.05, 3.63) is 4.77 Å². The van der Waals surface area contributed by atoms with Gasteiger partial charge < -0.3 is 5.73 Å². The maximum atomic E-state index is 5.11. The molecule has 0 spiro atoms. The van der Waals surface area contributed by atoms with E-state index in [-0.39, 0.29) is 29.6 Å². The van der Waals surface area contributed by atoms with Crippen LogP contribution in [0.4, 0.5) is 5.95 Å². The second-order valence-corrected chi connectivity index (χ2v) is 1.44. The quantitative estimate of drug-likeness (QED) is 0.340. The maximum absolute atomic E-state index is 5.11. The largest absolute Gasteiger partial charge is 0.368 e. The zero-order chi connectivity index (χ0) is 5.28. The predicted octanol–water partition coefficient (Wildman–Crippen LogP) is -0.331. The molecule has 1 heterocycles. The monoisotopic (exact) mass is 139 g/mol. The number of nitrogens with zero attached hydrogens (tertiary/aromatic N) is 1.